The van der Waals surface area contributed by atoms with Gasteiger partial charge in [0.05, 0.1) is 18.2 Å². The highest BCUT2D eigenvalue weighted by Gasteiger charge is 2.38. The third kappa shape index (κ3) is 6.58. The van der Waals surface area contributed by atoms with Crippen molar-refractivity contribution in [3.05, 3.63) is 76.2 Å². The van der Waals surface area contributed by atoms with Gasteiger partial charge in [0.25, 0.3) is 6.08 Å². The zero-order valence-corrected chi connectivity index (χ0v) is 24.3. The number of hydrogen-bond acceptors (Lipinski definition) is 6. The van der Waals surface area contributed by atoms with Gasteiger partial charge in [-0.05, 0) is 31.2 Å². The van der Waals surface area contributed by atoms with E-state index in [1.54, 1.807) is 6.07 Å². The van der Waals surface area contributed by atoms with Crippen molar-refractivity contribution >= 4 is 46.2 Å². The van der Waals surface area contributed by atoms with E-state index in [-0.39, 0.29) is 52.8 Å². The molecule has 0 radical (unpaired) electrons. The fourth-order valence-electron chi connectivity index (χ4n) is 5.24. The van der Waals surface area contributed by atoms with Gasteiger partial charge in [-0.3, -0.25) is 14.4 Å². The van der Waals surface area contributed by atoms with Crippen LogP contribution in [0.25, 0.3) is 10.9 Å². The van der Waals surface area contributed by atoms with Gasteiger partial charge in [-0.2, -0.15) is 8.78 Å². The van der Waals surface area contributed by atoms with Crippen molar-refractivity contribution in [3.63, 3.8) is 0 Å². The second-order valence-electron chi connectivity index (χ2n) is 10.4. The van der Waals surface area contributed by atoms with Gasteiger partial charge in [0, 0.05) is 66.4 Å². The standard InChI is InChI=1S/C30H28ClF3N4O6/c1-17(39)22-15-37(24-6-5-20(12-21(22)24)44-30(42)36-7-9-43-10-8-36)16-26(40)38-14-19(28(33)34)11-25(38)29(41)35-13-18-3-2-4-23(31)27(18)32/h2-6,12,15,25H,7-11,13-14,16H2,1H3,(H,35,41)/t25-/m0/s1. The van der Waals surface area contributed by atoms with E-state index >= 15 is 0 Å². The molecule has 0 saturated carbocycles. The number of nitrogens with zero attached hydrogens (tertiary/aromatic N) is 3. The van der Waals surface area contributed by atoms with Gasteiger partial charge in [-0.15, -0.1) is 0 Å². The summed E-state index contributed by atoms with van der Waals surface area (Å²) in [6.45, 7) is 1.81. The van der Waals surface area contributed by atoms with Crippen LogP contribution in [-0.4, -0.2) is 76.9 Å². The first-order chi connectivity index (χ1) is 21.0. The fraction of sp³-hybridized carbons (Fsp3) is 0.333. The minimum Gasteiger partial charge on any atom is -0.410 e. The fourth-order valence-corrected chi connectivity index (χ4v) is 5.44. The molecular formula is C30H28ClF3N4O6. The van der Waals surface area contributed by atoms with Crippen molar-refractivity contribution in [1.82, 2.24) is 19.7 Å². The van der Waals surface area contributed by atoms with Gasteiger partial charge in [0.1, 0.15) is 24.2 Å². The van der Waals surface area contributed by atoms with Crippen molar-refractivity contribution in [3.8, 4) is 5.75 Å². The first kappa shape index (κ1) is 31.1. The molecule has 0 spiro atoms. The molecule has 44 heavy (non-hydrogen) atoms. The molecule has 3 heterocycles. The van der Waals surface area contributed by atoms with Crippen molar-refractivity contribution in [2.75, 3.05) is 32.8 Å². The van der Waals surface area contributed by atoms with E-state index in [1.807, 2.05) is 0 Å². The Labute approximate surface area is 254 Å². The number of rotatable bonds is 7. The number of ketones is 1. The average Bonchev–Trinajstić information content (AvgIpc) is 3.61. The first-order valence-electron chi connectivity index (χ1n) is 13.7. The minimum atomic E-state index is -1.98. The Morgan fingerprint density at radius 2 is 1.86 bits per heavy atom. The Kier molecular flexibility index (Phi) is 9.25. The van der Waals surface area contributed by atoms with E-state index in [0.29, 0.717) is 37.2 Å². The van der Waals surface area contributed by atoms with Crippen LogP contribution in [0.5, 0.6) is 5.75 Å². The Morgan fingerprint density at radius 1 is 1.11 bits per heavy atom. The molecule has 2 saturated heterocycles. The van der Waals surface area contributed by atoms with Gasteiger partial charge < -0.3 is 29.2 Å². The van der Waals surface area contributed by atoms with Crippen LogP contribution in [0.2, 0.25) is 5.02 Å². The van der Waals surface area contributed by atoms with Crippen LogP contribution in [0.4, 0.5) is 18.0 Å². The summed E-state index contributed by atoms with van der Waals surface area (Å²) < 4.78 is 53.7. The molecule has 2 aliphatic rings. The summed E-state index contributed by atoms with van der Waals surface area (Å²) in [5.41, 5.74) is 0.450. The number of nitrogens with one attached hydrogen (secondary N) is 1. The van der Waals surface area contributed by atoms with Gasteiger partial charge in [0.15, 0.2) is 5.78 Å². The van der Waals surface area contributed by atoms with Crippen LogP contribution in [0, 0.1) is 5.82 Å². The largest absolute Gasteiger partial charge is 0.415 e. The molecule has 1 atom stereocenters. The molecule has 0 unspecified atom stereocenters. The number of amides is 3. The lowest BCUT2D eigenvalue weighted by Gasteiger charge is -2.25. The molecule has 3 aromatic rings. The summed E-state index contributed by atoms with van der Waals surface area (Å²) in [6.07, 6.45) is -1.48. The van der Waals surface area contributed by atoms with Crippen LogP contribution in [0.1, 0.15) is 29.3 Å². The second-order valence-corrected chi connectivity index (χ2v) is 10.8. The second kappa shape index (κ2) is 13.1. The SMILES string of the molecule is CC(=O)c1cn(CC(=O)N2CC(=C(F)F)C[C@H]2C(=O)NCc2cccc(Cl)c2F)c2ccc(OC(=O)N3CCOCC3)cc12. The maximum absolute atomic E-state index is 14.3. The van der Waals surface area contributed by atoms with Crippen LogP contribution in [0.3, 0.4) is 0 Å². The molecule has 14 heteroatoms. The number of hydrogen-bond donors (Lipinski definition) is 1. The number of fused-ring (bicyclic) bond motifs is 1. The van der Waals surface area contributed by atoms with Gasteiger partial charge in [-0.1, -0.05) is 23.7 Å². The summed E-state index contributed by atoms with van der Waals surface area (Å²) >= 11 is 5.80. The predicted molar refractivity (Wildman–Crippen MR) is 153 cm³/mol. The zero-order chi connectivity index (χ0) is 31.5. The summed E-state index contributed by atoms with van der Waals surface area (Å²) in [5, 5.41) is 2.80. The third-order valence-corrected chi connectivity index (χ3v) is 7.86. The van der Waals surface area contributed by atoms with E-state index in [0.717, 1.165) is 4.90 Å². The lowest BCUT2D eigenvalue weighted by Crippen LogP contribution is -2.46. The van der Waals surface area contributed by atoms with Crippen LogP contribution in [0.15, 0.2) is 54.2 Å². The number of aromatic nitrogens is 1. The number of morpholine rings is 1. The molecule has 3 amide bonds. The summed E-state index contributed by atoms with van der Waals surface area (Å²) in [6, 6.07) is 7.63. The summed E-state index contributed by atoms with van der Waals surface area (Å²) in [4.78, 5) is 54.1. The molecule has 232 valence electrons. The van der Waals surface area contributed by atoms with Gasteiger partial charge >= 0.3 is 6.09 Å². The van der Waals surface area contributed by atoms with Crippen molar-refractivity contribution in [2.24, 2.45) is 0 Å². The Balaban J connectivity index is 1.35. The topological polar surface area (TPSA) is 110 Å². The van der Waals surface area contributed by atoms with Crippen LogP contribution < -0.4 is 10.1 Å². The molecule has 2 aliphatic heterocycles. The van der Waals surface area contributed by atoms with Crippen molar-refractivity contribution < 1.29 is 41.8 Å². The maximum Gasteiger partial charge on any atom is 0.415 e. The quantitative estimate of drug-likeness (QED) is 0.383. The monoisotopic (exact) mass is 632 g/mol. The first-order valence-corrected chi connectivity index (χ1v) is 14.1. The molecule has 5 rings (SSSR count). The number of halogens is 4. The number of carbonyl (C=O) groups excluding carboxylic acids is 4. The zero-order valence-electron chi connectivity index (χ0n) is 23.6. The lowest BCUT2D eigenvalue weighted by atomic mass is 10.1. The molecule has 0 bridgehead atoms. The molecule has 10 nitrogen and oxygen atoms in total. The molecular weight excluding hydrogens is 605 g/mol. The summed E-state index contributed by atoms with van der Waals surface area (Å²) in [7, 11) is 0. The predicted octanol–water partition coefficient (Wildman–Crippen LogP) is 4.54. The maximum atomic E-state index is 14.3. The highest BCUT2D eigenvalue weighted by atomic mass is 35.5. The van der Waals surface area contributed by atoms with E-state index < -0.39 is 42.4 Å². The summed E-state index contributed by atoms with van der Waals surface area (Å²) in [5.74, 6) is -2.22. The third-order valence-electron chi connectivity index (χ3n) is 7.56. The number of Topliss-reactive ketones (excluding diaryl/α,β-unsaturated/α-hetero) is 1. The van der Waals surface area contributed by atoms with Crippen LogP contribution in [-0.2, 0) is 27.4 Å². The molecule has 1 aromatic heterocycles. The molecule has 2 fully saturated rings. The molecule has 0 aliphatic carbocycles. The minimum absolute atomic E-state index is 0.0970. The Morgan fingerprint density at radius 3 is 2.57 bits per heavy atom. The van der Waals surface area contributed by atoms with Crippen molar-refractivity contribution in [2.45, 2.75) is 32.5 Å². The van der Waals surface area contributed by atoms with E-state index in [2.05, 4.69) is 5.32 Å². The van der Waals surface area contributed by atoms with Gasteiger partial charge in [-0.25, -0.2) is 9.18 Å². The normalized spacial score (nSPS) is 16.8. The number of ether oxygens (including phenoxy) is 2. The lowest BCUT2D eigenvalue weighted by molar-refractivity contribution is -0.138. The Hall–Kier alpha value is -4.36. The number of benzene rings is 2. The van der Waals surface area contributed by atoms with Gasteiger partial charge in [0.2, 0.25) is 11.8 Å². The van der Waals surface area contributed by atoms with E-state index in [1.165, 1.54) is 52.9 Å². The van der Waals surface area contributed by atoms with Crippen LogP contribution >= 0.6 is 11.6 Å². The van der Waals surface area contributed by atoms with E-state index in [4.69, 9.17) is 21.1 Å². The average molecular weight is 633 g/mol. The number of likely N-dealkylation sites (tertiary alicyclic amines) is 1. The number of carbonyl (C=O) groups is 4. The highest BCUT2D eigenvalue weighted by molar-refractivity contribution is 6.30. The van der Waals surface area contributed by atoms with Crippen molar-refractivity contribution in [1.29, 1.82) is 0 Å². The molecule has 2 aromatic carbocycles. The highest BCUT2D eigenvalue weighted by Crippen LogP contribution is 2.30. The van der Waals surface area contributed by atoms with E-state index in [9.17, 15) is 32.3 Å². The smallest absolute Gasteiger partial charge is 0.410 e. The molecule has 1 N–H and O–H groups in total. The Bertz CT molecular complexity index is 1670.